The molecule has 1 aliphatic heterocycles. The molecule has 2 aromatic rings. The molecule has 0 aromatic carbocycles. The predicted molar refractivity (Wildman–Crippen MR) is 68.5 cm³/mol. The number of piperidine rings is 1. The van der Waals surface area contributed by atoms with E-state index in [0.717, 1.165) is 31.5 Å². The zero-order chi connectivity index (χ0) is 12.4. The number of carbonyl (C=O) groups is 1. The lowest BCUT2D eigenvalue weighted by atomic mass is 10.1. The van der Waals surface area contributed by atoms with Gasteiger partial charge in [0, 0.05) is 18.5 Å². The fraction of sp³-hybridized carbons (Fsp3) is 0.417. The molecule has 6 heteroatoms. The number of nitrogens with zero attached hydrogens (tertiary/aromatic N) is 4. The molecular weight excluding hydrogens is 248 g/mol. The van der Waals surface area contributed by atoms with Crippen LogP contribution >= 0.6 is 11.3 Å². The summed E-state index contributed by atoms with van der Waals surface area (Å²) >= 11 is 1.56. The lowest BCUT2D eigenvalue weighted by molar-refractivity contribution is 0.0684. The highest BCUT2D eigenvalue weighted by atomic mass is 32.1. The van der Waals surface area contributed by atoms with E-state index < -0.39 is 0 Å². The summed E-state index contributed by atoms with van der Waals surface area (Å²) in [5.41, 5.74) is 0.802. The second kappa shape index (κ2) is 4.89. The Morgan fingerprint density at radius 1 is 1.28 bits per heavy atom. The maximum Gasteiger partial charge on any atom is 0.254 e. The number of thiophene rings is 1. The number of amides is 1. The van der Waals surface area contributed by atoms with Crippen molar-refractivity contribution in [2.45, 2.75) is 18.9 Å². The monoisotopic (exact) mass is 262 g/mol. The van der Waals surface area contributed by atoms with Crippen molar-refractivity contribution in [1.82, 2.24) is 19.9 Å². The third-order valence-electron chi connectivity index (χ3n) is 3.28. The topological polar surface area (TPSA) is 51.0 Å². The average Bonchev–Trinajstić information content (AvgIpc) is 3.11. The van der Waals surface area contributed by atoms with Gasteiger partial charge in [0.25, 0.3) is 5.91 Å². The maximum atomic E-state index is 12.1. The van der Waals surface area contributed by atoms with Crippen LogP contribution in [-0.2, 0) is 0 Å². The summed E-state index contributed by atoms with van der Waals surface area (Å²) in [7, 11) is 0. The largest absolute Gasteiger partial charge is 0.338 e. The molecule has 0 saturated carbocycles. The normalized spacial score (nSPS) is 17.0. The molecule has 1 aliphatic rings. The number of aromatic nitrogens is 3. The van der Waals surface area contributed by atoms with Gasteiger partial charge < -0.3 is 4.90 Å². The van der Waals surface area contributed by atoms with Gasteiger partial charge in [0.1, 0.15) is 0 Å². The number of rotatable bonds is 2. The summed E-state index contributed by atoms with van der Waals surface area (Å²) < 4.78 is 0. The number of likely N-dealkylation sites (tertiary alicyclic amines) is 1. The predicted octanol–water partition coefficient (Wildman–Crippen LogP) is 1.82. The van der Waals surface area contributed by atoms with E-state index in [0.29, 0.717) is 6.04 Å². The first-order valence-corrected chi connectivity index (χ1v) is 6.96. The Morgan fingerprint density at radius 3 is 2.61 bits per heavy atom. The number of carbonyl (C=O) groups excluding carboxylic acids is 1. The van der Waals surface area contributed by atoms with Gasteiger partial charge in [0.2, 0.25) is 0 Å². The average molecular weight is 262 g/mol. The molecular formula is C12H14N4OS. The van der Waals surface area contributed by atoms with Crippen LogP contribution < -0.4 is 0 Å². The molecule has 0 radical (unpaired) electrons. The van der Waals surface area contributed by atoms with E-state index in [4.69, 9.17) is 0 Å². The SMILES string of the molecule is O=C(c1ccsc1)N1CCC(n2nccn2)CC1. The van der Waals surface area contributed by atoms with Crippen LogP contribution in [0.25, 0.3) is 0 Å². The van der Waals surface area contributed by atoms with Crippen molar-refractivity contribution in [2.75, 3.05) is 13.1 Å². The van der Waals surface area contributed by atoms with Gasteiger partial charge >= 0.3 is 0 Å². The van der Waals surface area contributed by atoms with Crippen LogP contribution in [-0.4, -0.2) is 38.9 Å². The van der Waals surface area contributed by atoms with Gasteiger partial charge in [-0.25, -0.2) is 0 Å². The minimum absolute atomic E-state index is 0.142. The first-order chi connectivity index (χ1) is 8.84. The number of hydrogen-bond acceptors (Lipinski definition) is 4. The molecule has 0 N–H and O–H groups in total. The van der Waals surface area contributed by atoms with E-state index in [2.05, 4.69) is 10.2 Å². The molecule has 0 spiro atoms. The Labute approximate surface area is 109 Å². The third kappa shape index (κ3) is 2.15. The number of hydrogen-bond donors (Lipinski definition) is 0. The third-order valence-corrected chi connectivity index (χ3v) is 3.97. The van der Waals surface area contributed by atoms with Crippen molar-refractivity contribution in [2.24, 2.45) is 0 Å². The summed E-state index contributed by atoms with van der Waals surface area (Å²) in [6, 6.07) is 2.21. The maximum absolute atomic E-state index is 12.1. The summed E-state index contributed by atoms with van der Waals surface area (Å²) in [4.78, 5) is 15.8. The molecule has 94 valence electrons. The second-order valence-corrected chi connectivity index (χ2v) is 5.16. The molecule has 0 bridgehead atoms. The first kappa shape index (κ1) is 11.4. The molecule has 5 nitrogen and oxygen atoms in total. The van der Waals surface area contributed by atoms with Crippen molar-refractivity contribution in [3.63, 3.8) is 0 Å². The molecule has 3 rings (SSSR count). The minimum atomic E-state index is 0.142. The van der Waals surface area contributed by atoms with Crippen molar-refractivity contribution >= 4 is 17.2 Å². The van der Waals surface area contributed by atoms with E-state index in [1.165, 1.54) is 0 Å². The zero-order valence-electron chi connectivity index (χ0n) is 9.90. The van der Waals surface area contributed by atoms with Crippen molar-refractivity contribution in [3.8, 4) is 0 Å². The van der Waals surface area contributed by atoms with Crippen molar-refractivity contribution < 1.29 is 4.79 Å². The fourth-order valence-electron chi connectivity index (χ4n) is 2.28. The molecule has 0 atom stereocenters. The lowest BCUT2D eigenvalue weighted by Crippen LogP contribution is -2.39. The van der Waals surface area contributed by atoms with Gasteiger partial charge in [-0.05, 0) is 24.3 Å². The van der Waals surface area contributed by atoms with Crippen LogP contribution in [0.1, 0.15) is 29.2 Å². The van der Waals surface area contributed by atoms with Crippen molar-refractivity contribution in [1.29, 1.82) is 0 Å². The summed E-state index contributed by atoms with van der Waals surface area (Å²) in [5.74, 6) is 0.142. The Morgan fingerprint density at radius 2 is 2.00 bits per heavy atom. The molecule has 18 heavy (non-hydrogen) atoms. The Hall–Kier alpha value is -1.69. The van der Waals surface area contributed by atoms with Crippen LogP contribution in [0, 0.1) is 0 Å². The highest BCUT2D eigenvalue weighted by Crippen LogP contribution is 2.22. The van der Waals surface area contributed by atoms with Crippen LogP contribution in [0.2, 0.25) is 0 Å². The van der Waals surface area contributed by atoms with E-state index in [1.807, 2.05) is 21.7 Å². The zero-order valence-corrected chi connectivity index (χ0v) is 10.7. The summed E-state index contributed by atoms with van der Waals surface area (Å²) in [6.45, 7) is 1.56. The quantitative estimate of drug-likeness (QED) is 0.829. The van der Waals surface area contributed by atoms with E-state index in [-0.39, 0.29) is 5.91 Å². The fourth-order valence-corrected chi connectivity index (χ4v) is 2.91. The van der Waals surface area contributed by atoms with Gasteiger partial charge in [0.05, 0.1) is 24.0 Å². The van der Waals surface area contributed by atoms with Gasteiger partial charge in [-0.2, -0.15) is 26.3 Å². The van der Waals surface area contributed by atoms with E-state index in [9.17, 15) is 4.79 Å². The first-order valence-electron chi connectivity index (χ1n) is 6.02. The Kier molecular flexibility index (Phi) is 3.10. The molecule has 1 saturated heterocycles. The standard InChI is InChI=1S/C12H14N4OS/c17-12(10-3-8-18-9-10)15-6-1-11(2-7-15)16-13-4-5-14-16/h3-5,8-9,11H,1-2,6-7H2. The minimum Gasteiger partial charge on any atom is -0.338 e. The van der Waals surface area contributed by atoms with Gasteiger partial charge in [-0.3, -0.25) is 4.79 Å². The van der Waals surface area contributed by atoms with Crippen LogP contribution in [0.15, 0.2) is 29.2 Å². The Balaban J connectivity index is 1.62. The highest BCUT2D eigenvalue weighted by Gasteiger charge is 2.25. The van der Waals surface area contributed by atoms with Gasteiger partial charge in [-0.15, -0.1) is 0 Å². The van der Waals surface area contributed by atoms with Gasteiger partial charge in [-0.1, -0.05) is 0 Å². The van der Waals surface area contributed by atoms with Crippen molar-refractivity contribution in [3.05, 3.63) is 34.8 Å². The van der Waals surface area contributed by atoms with Crippen LogP contribution in [0.4, 0.5) is 0 Å². The van der Waals surface area contributed by atoms with E-state index in [1.54, 1.807) is 28.5 Å². The Bertz CT molecular complexity index is 500. The molecule has 1 amide bonds. The van der Waals surface area contributed by atoms with Crippen LogP contribution in [0.5, 0.6) is 0 Å². The highest BCUT2D eigenvalue weighted by molar-refractivity contribution is 7.08. The summed E-state index contributed by atoms with van der Waals surface area (Å²) in [5, 5.41) is 12.2. The molecule has 3 heterocycles. The lowest BCUT2D eigenvalue weighted by Gasteiger charge is -2.31. The second-order valence-electron chi connectivity index (χ2n) is 4.38. The van der Waals surface area contributed by atoms with Crippen LogP contribution in [0.3, 0.4) is 0 Å². The molecule has 2 aromatic heterocycles. The van der Waals surface area contributed by atoms with E-state index >= 15 is 0 Å². The summed E-state index contributed by atoms with van der Waals surface area (Å²) in [6.07, 6.45) is 5.24. The smallest absolute Gasteiger partial charge is 0.254 e. The van der Waals surface area contributed by atoms with Gasteiger partial charge in [0.15, 0.2) is 0 Å². The molecule has 0 aliphatic carbocycles. The molecule has 1 fully saturated rings. The molecule has 0 unspecified atom stereocenters.